The van der Waals surface area contributed by atoms with E-state index in [1.54, 1.807) is 41.3 Å². The molecule has 3 amide bonds. The summed E-state index contributed by atoms with van der Waals surface area (Å²) in [6.07, 6.45) is 0.928. The summed E-state index contributed by atoms with van der Waals surface area (Å²) < 4.78 is 0. The maximum absolute atomic E-state index is 13.7. The normalized spacial score (nSPS) is 19.7. The molecule has 0 aromatic heterocycles. The molecule has 0 bridgehead atoms. The van der Waals surface area contributed by atoms with E-state index in [2.05, 4.69) is 5.32 Å². The van der Waals surface area contributed by atoms with E-state index in [1.165, 1.54) is 4.90 Å². The molecule has 1 unspecified atom stereocenters. The van der Waals surface area contributed by atoms with Gasteiger partial charge in [0.1, 0.15) is 12.1 Å². The first-order valence-electron chi connectivity index (χ1n) is 12.6. The average molecular weight is 525 g/mol. The van der Waals surface area contributed by atoms with Crippen LogP contribution in [-0.4, -0.2) is 78.6 Å². The fourth-order valence-corrected chi connectivity index (χ4v) is 5.39. The van der Waals surface area contributed by atoms with Crippen LogP contribution in [0.5, 0.6) is 0 Å². The van der Waals surface area contributed by atoms with Gasteiger partial charge in [0.25, 0.3) is 11.8 Å². The molecule has 2 aromatic rings. The number of nitrogens with zero attached hydrogens (tertiary/aromatic N) is 3. The molecule has 2 fully saturated rings. The standard InChI is InChI=1S/C28H33ClN4O4/c1-17(2)15-22(30-26(35)18-9-11-19(12-10-18)31(3)4)28(37)32-14-13-23-25(32)24(34)16-33(23)27(36)20-7-5-6-8-21(20)29/h5-12,17,22-23,25H,13-16H2,1-4H3,(H,30,35)/t22-,23?,25-/m0/s1. The Balaban J connectivity index is 1.51. The number of halogens is 1. The van der Waals surface area contributed by atoms with Gasteiger partial charge < -0.3 is 20.0 Å². The largest absolute Gasteiger partial charge is 0.378 e. The number of Topliss-reactive ketones (excluding diaryl/α,β-unsaturated/α-hetero) is 1. The Morgan fingerprint density at radius 1 is 1.05 bits per heavy atom. The third-order valence-electron chi connectivity index (χ3n) is 7.03. The second-order valence-corrected chi connectivity index (χ2v) is 10.7. The van der Waals surface area contributed by atoms with Gasteiger partial charge in [0.05, 0.1) is 23.2 Å². The lowest BCUT2D eigenvalue weighted by atomic mass is 10.0. The number of amides is 3. The van der Waals surface area contributed by atoms with Crippen LogP contribution in [0.2, 0.25) is 5.02 Å². The zero-order chi connectivity index (χ0) is 26.9. The minimum absolute atomic E-state index is 0.0669. The van der Waals surface area contributed by atoms with Crippen molar-refractivity contribution in [3.8, 4) is 0 Å². The van der Waals surface area contributed by atoms with Crippen LogP contribution in [0.15, 0.2) is 48.5 Å². The van der Waals surface area contributed by atoms with Crippen LogP contribution in [-0.2, 0) is 9.59 Å². The van der Waals surface area contributed by atoms with Gasteiger partial charge in [0, 0.05) is 31.9 Å². The predicted octanol–water partition coefficient (Wildman–Crippen LogP) is 3.25. The molecule has 2 aliphatic heterocycles. The average Bonchev–Trinajstić information content (AvgIpc) is 3.44. The third kappa shape index (κ3) is 5.49. The lowest BCUT2D eigenvalue weighted by Gasteiger charge is -2.29. The predicted molar refractivity (Wildman–Crippen MR) is 143 cm³/mol. The number of anilines is 1. The van der Waals surface area contributed by atoms with Crippen LogP contribution in [0.25, 0.3) is 0 Å². The topological polar surface area (TPSA) is 90.0 Å². The maximum atomic E-state index is 13.7. The van der Waals surface area contributed by atoms with E-state index in [0.717, 1.165) is 5.69 Å². The Labute approximate surface area is 222 Å². The molecule has 2 saturated heterocycles. The smallest absolute Gasteiger partial charge is 0.256 e. The van der Waals surface area contributed by atoms with Crippen molar-refractivity contribution in [2.75, 3.05) is 32.1 Å². The van der Waals surface area contributed by atoms with E-state index in [-0.39, 0.29) is 36.0 Å². The van der Waals surface area contributed by atoms with Crippen LogP contribution in [0.4, 0.5) is 5.69 Å². The van der Waals surface area contributed by atoms with Crippen molar-refractivity contribution in [3.05, 3.63) is 64.7 Å². The SMILES string of the molecule is CC(C)C[C@H](NC(=O)c1ccc(N(C)C)cc1)C(=O)N1CCC2[C@H]1C(=O)CN2C(=O)c1ccccc1Cl. The number of ketones is 1. The van der Waals surface area contributed by atoms with Crippen molar-refractivity contribution < 1.29 is 19.2 Å². The summed E-state index contributed by atoms with van der Waals surface area (Å²) in [5.74, 6) is -0.978. The summed E-state index contributed by atoms with van der Waals surface area (Å²) in [5.41, 5.74) is 1.76. The number of benzene rings is 2. The molecule has 2 heterocycles. The molecular formula is C28H33ClN4O4. The second-order valence-electron chi connectivity index (χ2n) is 10.3. The number of hydrogen-bond donors (Lipinski definition) is 1. The number of rotatable bonds is 7. The zero-order valence-electron chi connectivity index (χ0n) is 21.6. The highest BCUT2D eigenvalue weighted by Gasteiger charge is 2.52. The fraction of sp³-hybridized carbons (Fsp3) is 0.429. The first-order valence-corrected chi connectivity index (χ1v) is 12.9. The molecule has 3 atom stereocenters. The Hall–Kier alpha value is -3.39. The van der Waals surface area contributed by atoms with E-state index >= 15 is 0 Å². The van der Waals surface area contributed by atoms with Gasteiger partial charge in [0.15, 0.2) is 5.78 Å². The summed E-state index contributed by atoms with van der Waals surface area (Å²) in [7, 11) is 3.84. The van der Waals surface area contributed by atoms with Crippen LogP contribution in [0.3, 0.4) is 0 Å². The number of fused-ring (bicyclic) bond motifs is 1. The molecule has 2 aromatic carbocycles. The summed E-state index contributed by atoms with van der Waals surface area (Å²) in [4.78, 5) is 58.0. The first-order chi connectivity index (χ1) is 17.6. The molecule has 0 saturated carbocycles. The molecule has 0 aliphatic carbocycles. The maximum Gasteiger partial charge on any atom is 0.256 e. The molecular weight excluding hydrogens is 492 g/mol. The van der Waals surface area contributed by atoms with Gasteiger partial charge in [-0.3, -0.25) is 19.2 Å². The molecule has 9 heteroatoms. The highest BCUT2D eigenvalue weighted by Crippen LogP contribution is 2.32. The number of carbonyl (C=O) groups excluding carboxylic acids is 4. The molecule has 196 valence electrons. The Kier molecular flexibility index (Phi) is 7.87. The Morgan fingerprint density at radius 3 is 2.35 bits per heavy atom. The summed E-state index contributed by atoms with van der Waals surface area (Å²) in [5, 5.41) is 3.23. The highest BCUT2D eigenvalue weighted by molar-refractivity contribution is 6.33. The quantitative estimate of drug-likeness (QED) is 0.600. The monoisotopic (exact) mass is 524 g/mol. The fourth-order valence-electron chi connectivity index (χ4n) is 5.17. The summed E-state index contributed by atoms with van der Waals surface area (Å²) in [6, 6.07) is 12.0. The van der Waals surface area contributed by atoms with Crippen LogP contribution >= 0.6 is 11.6 Å². The van der Waals surface area contributed by atoms with Gasteiger partial charge in [0.2, 0.25) is 5.91 Å². The van der Waals surface area contributed by atoms with Crippen molar-refractivity contribution in [2.45, 2.75) is 44.8 Å². The van der Waals surface area contributed by atoms with Gasteiger partial charge in [-0.1, -0.05) is 37.6 Å². The minimum Gasteiger partial charge on any atom is -0.378 e. The highest BCUT2D eigenvalue weighted by atomic mass is 35.5. The second kappa shape index (κ2) is 10.9. The van der Waals surface area contributed by atoms with Gasteiger partial charge in [-0.15, -0.1) is 0 Å². The van der Waals surface area contributed by atoms with Crippen molar-refractivity contribution in [1.29, 1.82) is 0 Å². The molecule has 4 rings (SSSR count). The first kappa shape index (κ1) is 26.7. The summed E-state index contributed by atoms with van der Waals surface area (Å²) in [6.45, 7) is 4.24. The third-order valence-corrected chi connectivity index (χ3v) is 7.36. The lowest BCUT2D eigenvalue weighted by molar-refractivity contribution is -0.138. The van der Waals surface area contributed by atoms with E-state index in [1.807, 2.05) is 45.0 Å². The van der Waals surface area contributed by atoms with E-state index in [9.17, 15) is 19.2 Å². The molecule has 8 nitrogen and oxygen atoms in total. The number of carbonyl (C=O) groups is 4. The van der Waals surface area contributed by atoms with E-state index < -0.39 is 18.1 Å². The Bertz CT molecular complexity index is 1200. The van der Waals surface area contributed by atoms with Crippen molar-refractivity contribution >= 4 is 40.8 Å². The van der Waals surface area contributed by atoms with Crippen LogP contribution < -0.4 is 10.2 Å². The van der Waals surface area contributed by atoms with Gasteiger partial charge in [-0.2, -0.15) is 0 Å². The van der Waals surface area contributed by atoms with Crippen LogP contribution in [0, 0.1) is 5.92 Å². The van der Waals surface area contributed by atoms with Gasteiger partial charge >= 0.3 is 0 Å². The Morgan fingerprint density at radius 2 is 1.73 bits per heavy atom. The van der Waals surface area contributed by atoms with Crippen LogP contribution in [0.1, 0.15) is 47.4 Å². The molecule has 1 N–H and O–H groups in total. The van der Waals surface area contributed by atoms with Crippen molar-refractivity contribution in [3.63, 3.8) is 0 Å². The molecule has 0 spiro atoms. The number of nitrogens with one attached hydrogen (secondary N) is 1. The zero-order valence-corrected chi connectivity index (χ0v) is 22.4. The lowest BCUT2D eigenvalue weighted by Crippen LogP contribution is -2.53. The van der Waals surface area contributed by atoms with Gasteiger partial charge in [-0.05, 0) is 55.2 Å². The minimum atomic E-state index is -0.777. The molecule has 0 radical (unpaired) electrons. The molecule has 37 heavy (non-hydrogen) atoms. The number of likely N-dealkylation sites (tertiary alicyclic amines) is 2. The van der Waals surface area contributed by atoms with Crippen molar-refractivity contribution in [2.24, 2.45) is 5.92 Å². The molecule has 2 aliphatic rings. The van der Waals surface area contributed by atoms with E-state index in [0.29, 0.717) is 35.5 Å². The van der Waals surface area contributed by atoms with Crippen molar-refractivity contribution in [1.82, 2.24) is 15.1 Å². The number of hydrogen-bond acceptors (Lipinski definition) is 5. The van der Waals surface area contributed by atoms with E-state index in [4.69, 9.17) is 11.6 Å². The summed E-state index contributed by atoms with van der Waals surface area (Å²) >= 11 is 6.23. The van der Waals surface area contributed by atoms with Gasteiger partial charge in [-0.25, -0.2) is 0 Å².